The summed E-state index contributed by atoms with van der Waals surface area (Å²) in [5, 5.41) is 8.92. The molecule has 0 aromatic rings. The van der Waals surface area contributed by atoms with Gasteiger partial charge in [-0.15, -0.1) is 0 Å². The Morgan fingerprint density at radius 2 is 2.14 bits per heavy atom. The summed E-state index contributed by atoms with van der Waals surface area (Å²) in [5.41, 5.74) is -4.13. The van der Waals surface area contributed by atoms with E-state index in [0.29, 0.717) is 6.54 Å². The van der Waals surface area contributed by atoms with E-state index >= 15 is 0 Å². The fourth-order valence-corrected chi connectivity index (χ4v) is 2.23. The van der Waals surface area contributed by atoms with Crippen LogP contribution < -0.4 is 0 Å². The van der Waals surface area contributed by atoms with Crippen LogP contribution in [0.25, 0.3) is 0 Å². The third kappa shape index (κ3) is 4.06. The summed E-state index contributed by atoms with van der Waals surface area (Å²) in [6, 6.07) is 0.0730. The maximum atomic E-state index is 11.8. The fraction of sp³-hybridized carbons (Fsp3) is 1.00. The van der Waals surface area contributed by atoms with Gasteiger partial charge < -0.3 is 5.11 Å². The minimum Gasteiger partial charge on any atom is -0.395 e. The highest BCUT2D eigenvalue weighted by molar-refractivity contribution is 8.00. The molecule has 0 saturated carbocycles. The molecule has 0 spiro atoms. The zero-order valence-corrected chi connectivity index (χ0v) is 8.57. The highest BCUT2D eigenvalue weighted by Crippen LogP contribution is 2.30. The van der Waals surface area contributed by atoms with Gasteiger partial charge in [-0.1, -0.05) is 0 Å². The topological polar surface area (TPSA) is 23.5 Å². The predicted octanol–water partition coefficient (Wildman–Crippen LogP) is 1.70. The lowest BCUT2D eigenvalue weighted by molar-refractivity contribution is -0.0329. The molecule has 2 nitrogen and oxygen atoms in total. The molecule has 1 N–H and O–H groups in total. The Hall–Kier alpha value is 0.0600. The summed E-state index contributed by atoms with van der Waals surface area (Å²) >= 11 is 0.00964. The van der Waals surface area contributed by atoms with E-state index in [1.165, 1.54) is 0 Å². The summed E-state index contributed by atoms with van der Waals surface area (Å²) in [6.07, 6.45) is 1.87. The van der Waals surface area contributed by atoms with E-state index in [1.54, 1.807) is 0 Å². The Morgan fingerprint density at radius 3 is 2.71 bits per heavy atom. The molecule has 84 valence electrons. The molecular formula is C8H14F3NOS. The molecule has 0 bridgehead atoms. The second kappa shape index (κ2) is 5.23. The molecule has 0 aliphatic carbocycles. The lowest BCUT2D eigenvalue weighted by atomic mass is 10.2. The Bertz CT molecular complexity index is 176. The van der Waals surface area contributed by atoms with Gasteiger partial charge in [0.1, 0.15) is 0 Å². The lowest BCUT2D eigenvalue weighted by Crippen LogP contribution is -2.34. The number of alkyl halides is 3. The normalized spacial score (nSPS) is 24.4. The van der Waals surface area contributed by atoms with Crippen molar-refractivity contribution >= 4 is 11.8 Å². The maximum absolute atomic E-state index is 11.8. The van der Waals surface area contributed by atoms with Crippen molar-refractivity contribution in [1.82, 2.24) is 4.90 Å². The molecule has 14 heavy (non-hydrogen) atoms. The molecule has 0 amide bonds. The lowest BCUT2D eigenvalue weighted by Gasteiger charge is -2.22. The van der Waals surface area contributed by atoms with Crippen LogP contribution in [-0.2, 0) is 0 Å². The van der Waals surface area contributed by atoms with E-state index in [1.807, 2.05) is 4.90 Å². The number of aliphatic hydroxyl groups is 1. The van der Waals surface area contributed by atoms with E-state index in [0.717, 1.165) is 19.4 Å². The summed E-state index contributed by atoms with van der Waals surface area (Å²) in [6.45, 7) is 1.27. The van der Waals surface area contributed by atoms with Gasteiger partial charge in [0.25, 0.3) is 0 Å². The van der Waals surface area contributed by atoms with Crippen LogP contribution >= 0.6 is 11.8 Å². The standard InChI is InChI=1S/C8H14F3NOS/c9-8(10,11)14-5-4-12-3-1-2-7(12)6-13/h7,13H,1-6H2. The number of hydrogen-bond acceptors (Lipinski definition) is 3. The van der Waals surface area contributed by atoms with Crippen LogP contribution in [0.4, 0.5) is 13.2 Å². The average Bonchev–Trinajstić information content (AvgIpc) is 2.49. The summed E-state index contributed by atoms with van der Waals surface area (Å²) < 4.78 is 35.4. The third-order valence-electron chi connectivity index (χ3n) is 2.35. The molecule has 1 heterocycles. The predicted molar refractivity (Wildman–Crippen MR) is 50.2 cm³/mol. The Morgan fingerprint density at radius 1 is 1.43 bits per heavy atom. The second-order valence-corrected chi connectivity index (χ2v) is 4.47. The second-order valence-electron chi connectivity index (χ2n) is 3.31. The monoisotopic (exact) mass is 229 g/mol. The molecular weight excluding hydrogens is 215 g/mol. The molecule has 0 aromatic carbocycles. The van der Waals surface area contributed by atoms with Crippen molar-refractivity contribution in [2.75, 3.05) is 25.4 Å². The van der Waals surface area contributed by atoms with Gasteiger partial charge in [0.2, 0.25) is 0 Å². The minimum absolute atomic E-state index is 0.00964. The first-order chi connectivity index (χ1) is 6.53. The van der Waals surface area contributed by atoms with Gasteiger partial charge in [-0.2, -0.15) is 13.2 Å². The van der Waals surface area contributed by atoms with Crippen molar-refractivity contribution in [2.45, 2.75) is 24.4 Å². The van der Waals surface area contributed by atoms with Gasteiger partial charge in [0.15, 0.2) is 0 Å². The Balaban J connectivity index is 2.18. The van der Waals surface area contributed by atoms with Gasteiger partial charge in [-0.05, 0) is 31.1 Å². The number of nitrogens with zero attached hydrogens (tertiary/aromatic N) is 1. The first-order valence-corrected chi connectivity index (χ1v) is 5.57. The average molecular weight is 229 g/mol. The summed E-state index contributed by atoms with van der Waals surface area (Å²) in [7, 11) is 0. The molecule has 1 aliphatic rings. The molecule has 1 aliphatic heterocycles. The summed E-state index contributed by atoms with van der Waals surface area (Å²) in [5.74, 6) is 0.0556. The molecule has 1 fully saturated rings. The largest absolute Gasteiger partial charge is 0.441 e. The van der Waals surface area contributed by atoms with E-state index in [2.05, 4.69) is 0 Å². The van der Waals surface area contributed by atoms with E-state index in [9.17, 15) is 13.2 Å². The minimum atomic E-state index is -4.13. The third-order valence-corrected chi connectivity index (χ3v) is 3.07. The van der Waals surface area contributed by atoms with Crippen molar-refractivity contribution in [3.63, 3.8) is 0 Å². The molecule has 1 unspecified atom stereocenters. The van der Waals surface area contributed by atoms with Crippen molar-refractivity contribution < 1.29 is 18.3 Å². The van der Waals surface area contributed by atoms with Gasteiger partial charge in [-0.25, -0.2) is 0 Å². The Labute approximate surface area is 85.5 Å². The number of halogens is 3. The van der Waals surface area contributed by atoms with Crippen LogP contribution in [0.3, 0.4) is 0 Å². The van der Waals surface area contributed by atoms with Crippen LogP contribution in [0.2, 0.25) is 0 Å². The van der Waals surface area contributed by atoms with E-state index in [4.69, 9.17) is 5.11 Å². The molecule has 1 rings (SSSR count). The zero-order chi connectivity index (χ0) is 10.6. The number of rotatable bonds is 4. The van der Waals surface area contributed by atoms with Crippen molar-refractivity contribution in [3.05, 3.63) is 0 Å². The SMILES string of the molecule is OCC1CCCN1CCSC(F)(F)F. The molecule has 1 atom stereocenters. The fourth-order valence-electron chi connectivity index (χ4n) is 1.67. The van der Waals surface area contributed by atoms with Crippen LogP contribution in [-0.4, -0.2) is 47.0 Å². The van der Waals surface area contributed by atoms with Crippen LogP contribution in [0.1, 0.15) is 12.8 Å². The van der Waals surface area contributed by atoms with E-state index < -0.39 is 5.51 Å². The van der Waals surface area contributed by atoms with Crippen LogP contribution in [0.15, 0.2) is 0 Å². The number of likely N-dealkylation sites (tertiary alicyclic amines) is 1. The first-order valence-electron chi connectivity index (χ1n) is 4.58. The van der Waals surface area contributed by atoms with Crippen LogP contribution in [0, 0.1) is 0 Å². The first kappa shape index (κ1) is 12.1. The number of aliphatic hydroxyl groups excluding tert-OH is 1. The summed E-state index contributed by atoms with van der Waals surface area (Å²) in [4.78, 5) is 1.93. The quantitative estimate of drug-likeness (QED) is 0.793. The molecule has 6 heteroatoms. The van der Waals surface area contributed by atoms with Gasteiger partial charge in [-0.3, -0.25) is 4.90 Å². The Kier molecular flexibility index (Phi) is 4.53. The maximum Gasteiger partial charge on any atom is 0.441 e. The van der Waals surface area contributed by atoms with Crippen molar-refractivity contribution in [1.29, 1.82) is 0 Å². The van der Waals surface area contributed by atoms with Crippen molar-refractivity contribution in [3.8, 4) is 0 Å². The highest BCUT2D eigenvalue weighted by atomic mass is 32.2. The van der Waals surface area contributed by atoms with E-state index in [-0.39, 0.29) is 30.2 Å². The smallest absolute Gasteiger partial charge is 0.395 e. The number of hydrogen-bond donors (Lipinski definition) is 1. The van der Waals surface area contributed by atoms with Crippen LogP contribution in [0.5, 0.6) is 0 Å². The molecule has 0 radical (unpaired) electrons. The molecule has 1 saturated heterocycles. The van der Waals surface area contributed by atoms with Crippen molar-refractivity contribution in [2.24, 2.45) is 0 Å². The van der Waals surface area contributed by atoms with Gasteiger partial charge in [0.05, 0.1) is 6.61 Å². The van der Waals surface area contributed by atoms with Gasteiger partial charge in [0, 0.05) is 18.3 Å². The number of thioether (sulfide) groups is 1. The zero-order valence-electron chi connectivity index (χ0n) is 7.76. The van der Waals surface area contributed by atoms with Gasteiger partial charge >= 0.3 is 5.51 Å². The highest BCUT2D eigenvalue weighted by Gasteiger charge is 2.29. The molecule has 0 aromatic heterocycles.